The molecule has 0 saturated carbocycles. The van der Waals surface area contributed by atoms with Gasteiger partial charge in [0.2, 0.25) is 5.91 Å². The molecule has 2 rings (SSSR count). The minimum absolute atomic E-state index is 0.0747. The molecule has 5 heteroatoms. The van der Waals surface area contributed by atoms with E-state index in [4.69, 9.17) is 5.26 Å². The molecule has 1 heterocycles. The van der Waals surface area contributed by atoms with Crippen LogP contribution in [-0.2, 0) is 4.79 Å². The number of benzene rings is 1. The van der Waals surface area contributed by atoms with Crippen molar-refractivity contribution >= 4 is 22.2 Å². The molecule has 2 N–H and O–H groups in total. The highest BCUT2D eigenvalue weighted by Crippen LogP contribution is 2.22. The molecule has 0 radical (unpaired) electrons. The Labute approximate surface area is 128 Å². The van der Waals surface area contributed by atoms with Crippen molar-refractivity contribution in [3.8, 4) is 6.07 Å². The third kappa shape index (κ3) is 3.91. The quantitative estimate of drug-likeness (QED) is 0.890. The summed E-state index contributed by atoms with van der Waals surface area (Å²) >= 11 is 1.35. The van der Waals surface area contributed by atoms with Crippen molar-refractivity contribution in [2.45, 2.75) is 25.9 Å². The van der Waals surface area contributed by atoms with E-state index in [0.29, 0.717) is 10.6 Å². The predicted octanol–water partition coefficient (Wildman–Crippen LogP) is 3.30. The van der Waals surface area contributed by atoms with E-state index in [2.05, 4.69) is 16.7 Å². The summed E-state index contributed by atoms with van der Waals surface area (Å²) in [6.45, 7) is 3.83. The topological polar surface area (TPSA) is 64.9 Å². The Morgan fingerprint density at radius 3 is 2.62 bits per heavy atom. The first kappa shape index (κ1) is 15.2. The Morgan fingerprint density at radius 1 is 1.24 bits per heavy atom. The number of amides is 1. The zero-order valence-electron chi connectivity index (χ0n) is 12.0. The van der Waals surface area contributed by atoms with E-state index in [-0.39, 0.29) is 18.0 Å². The van der Waals surface area contributed by atoms with Gasteiger partial charge in [0.25, 0.3) is 0 Å². The Morgan fingerprint density at radius 2 is 1.95 bits per heavy atom. The number of nitriles is 1. The van der Waals surface area contributed by atoms with Gasteiger partial charge in [-0.15, -0.1) is 11.3 Å². The van der Waals surface area contributed by atoms with Crippen molar-refractivity contribution in [2.75, 3.05) is 5.32 Å². The van der Waals surface area contributed by atoms with Gasteiger partial charge in [0.05, 0.1) is 11.6 Å². The lowest BCUT2D eigenvalue weighted by Gasteiger charge is -2.19. The van der Waals surface area contributed by atoms with Crippen molar-refractivity contribution in [3.63, 3.8) is 0 Å². The highest BCUT2D eigenvalue weighted by molar-refractivity contribution is 7.14. The molecule has 1 aromatic heterocycles. The molecular formula is C16H17N3OS. The van der Waals surface area contributed by atoms with Crippen LogP contribution in [0.2, 0.25) is 0 Å². The predicted molar refractivity (Wildman–Crippen MR) is 85.1 cm³/mol. The Bertz CT molecular complexity index is 645. The molecular weight excluding hydrogens is 282 g/mol. The second-order valence-corrected chi connectivity index (χ2v) is 5.70. The zero-order valence-corrected chi connectivity index (χ0v) is 12.8. The van der Waals surface area contributed by atoms with E-state index in [1.807, 2.05) is 44.2 Å². The van der Waals surface area contributed by atoms with E-state index < -0.39 is 0 Å². The molecule has 0 aliphatic heterocycles. The molecule has 1 amide bonds. The maximum Gasteiger partial charge on any atom is 0.241 e. The second kappa shape index (κ2) is 7.02. The van der Waals surface area contributed by atoms with E-state index in [9.17, 15) is 4.79 Å². The lowest BCUT2D eigenvalue weighted by molar-refractivity contribution is -0.117. The monoisotopic (exact) mass is 299 g/mol. The van der Waals surface area contributed by atoms with Crippen LogP contribution in [0.3, 0.4) is 0 Å². The second-order valence-electron chi connectivity index (χ2n) is 4.79. The summed E-state index contributed by atoms with van der Waals surface area (Å²) in [5.41, 5.74) is 1.63. The van der Waals surface area contributed by atoms with Crippen LogP contribution >= 0.6 is 11.3 Å². The van der Waals surface area contributed by atoms with Crippen LogP contribution in [0.15, 0.2) is 41.8 Å². The fraction of sp³-hybridized carbons (Fsp3) is 0.250. The van der Waals surface area contributed by atoms with Crippen LogP contribution in [0.1, 0.15) is 31.0 Å². The summed E-state index contributed by atoms with van der Waals surface area (Å²) < 4.78 is 0. The van der Waals surface area contributed by atoms with Crippen LogP contribution < -0.4 is 10.6 Å². The summed E-state index contributed by atoms with van der Waals surface area (Å²) in [5, 5.41) is 17.4. The average Bonchev–Trinajstić information content (AvgIpc) is 2.95. The lowest BCUT2D eigenvalue weighted by atomic mass is 10.1. The van der Waals surface area contributed by atoms with E-state index in [0.717, 1.165) is 5.56 Å². The minimum atomic E-state index is -0.353. The number of nitrogens with one attached hydrogen (secondary N) is 2. The van der Waals surface area contributed by atoms with Crippen LogP contribution in [0, 0.1) is 11.3 Å². The first-order valence-corrected chi connectivity index (χ1v) is 7.59. The molecule has 0 fully saturated rings. The zero-order chi connectivity index (χ0) is 15.2. The molecule has 0 aliphatic carbocycles. The summed E-state index contributed by atoms with van der Waals surface area (Å²) in [5.74, 6) is -0.142. The number of hydrogen-bond acceptors (Lipinski definition) is 4. The van der Waals surface area contributed by atoms with Crippen LogP contribution in [0.4, 0.5) is 5.00 Å². The smallest absolute Gasteiger partial charge is 0.241 e. The molecule has 1 aromatic carbocycles. The normalized spacial score (nSPS) is 13.2. The van der Waals surface area contributed by atoms with Crippen molar-refractivity contribution < 1.29 is 4.79 Å². The van der Waals surface area contributed by atoms with Gasteiger partial charge in [-0.05, 0) is 30.9 Å². The van der Waals surface area contributed by atoms with Gasteiger partial charge in [-0.25, -0.2) is 0 Å². The third-order valence-corrected chi connectivity index (χ3v) is 4.05. The molecule has 0 unspecified atom stereocenters. The molecule has 0 bridgehead atoms. The van der Waals surface area contributed by atoms with Gasteiger partial charge in [0.15, 0.2) is 0 Å². The molecule has 0 aliphatic rings. The number of carbonyl (C=O) groups is 1. The minimum Gasteiger partial charge on any atom is -0.315 e. The molecule has 0 saturated heterocycles. The fourth-order valence-corrected chi connectivity index (χ4v) is 2.74. The average molecular weight is 299 g/mol. The summed E-state index contributed by atoms with van der Waals surface area (Å²) in [7, 11) is 0. The number of thiophene rings is 1. The van der Waals surface area contributed by atoms with E-state index in [1.165, 1.54) is 11.3 Å². The lowest BCUT2D eigenvalue weighted by Crippen LogP contribution is -2.39. The van der Waals surface area contributed by atoms with Gasteiger partial charge in [-0.2, -0.15) is 5.26 Å². The SMILES string of the molecule is C[C@H](N[C@@H](C)c1ccccc1)C(=O)Nc1sccc1C#N. The van der Waals surface area contributed by atoms with Gasteiger partial charge in [0, 0.05) is 6.04 Å². The molecule has 2 atom stereocenters. The largest absolute Gasteiger partial charge is 0.315 e. The van der Waals surface area contributed by atoms with Crippen molar-refractivity contribution in [1.29, 1.82) is 5.26 Å². The Kier molecular flexibility index (Phi) is 5.09. The summed E-state index contributed by atoms with van der Waals surface area (Å²) in [6.07, 6.45) is 0. The van der Waals surface area contributed by atoms with E-state index in [1.54, 1.807) is 11.4 Å². The number of anilines is 1. The summed E-state index contributed by atoms with van der Waals surface area (Å²) in [4.78, 5) is 12.2. The molecule has 21 heavy (non-hydrogen) atoms. The maximum absolute atomic E-state index is 12.2. The van der Waals surface area contributed by atoms with Gasteiger partial charge >= 0.3 is 0 Å². The van der Waals surface area contributed by atoms with Gasteiger partial charge in [-0.3, -0.25) is 10.1 Å². The highest BCUT2D eigenvalue weighted by atomic mass is 32.1. The number of hydrogen-bond donors (Lipinski definition) is 2. The van der Waals surface area contributed by atoms with Crippen LogP contribution in [0.5, 0.6) is 0 Å². The molecule has 4 nitrogen and oxygen atoms in total. The number of rotatable bonds is 5. The van der Waals surface area contributed by atoms with E-state index >= 15 is 0 Å². The van der Waals surface area contributed by atoms with Crippen molar-refractivity contribution in [3.05, 3.63) is 52.9 Å². The van der Waals surface area contributed by atoms with Crippen LogP contribution in [-0.4, -0.2) is 11.9 Å². The fourth-order valence-electron chi connectivity index (χ4n) is 2.00. The first-order valence-electron chi connectivity index (χ1n) is 6.71. The Hall–Kier alpha value is -2.16. The van der Waals surface area contributed by atoms with Gasteiger partial charge in [-0.1, -0.05) is 30.3 Å². The molecule has 0 spiro atoms. The maximum atomic E-state index is 12.2. The van der Waals surface area contributed by atoms with Crippen molar-refractivity contribution in [1.82, 2.24) is 5.32 Å². The third-order valence-electron chi connectivity index (χ3n) is 3.22. The summed E-state index contributed by atoms with van der Waals surface area (Å²) in [6, 6.07) is 13.4. The highest BCUT2D eigenvalue weighted by Gasteiger charge is 2.17. The van der Waals surface area contributed by atoms with Gasteiger partial charge in [0.1, 0.15) is 11.1 Å². The first-order chi connectivity index (χ1) is 10.1. The molecule has 2 aromatic rings. The molecule has 108 valence electrons. The number of carbonyl (C=O) groups excluding carboxylic acids is 1. The standard InChI is InChI=1S/C16H17N3OS/c1-11(13-6-4-3-5-7-13)18-12(2)15(20)19-16-14(10-17)8-9-21-16/h3-9,11-12,18H,1-2H3,(H,19,20)/t11-,12-/m0/s1. The van der Waals surface area contributed by atoms with Gasteiger partial charge < -0.3 is 5.32 Å². The van der Waals surface area contributed by atoms with Crippen molar-refractivity contribution in [2.24, 2.45) is 0 Å². The number of nitrogens with zero attached hydrogens (tertiary/aromatic N) is 1. The Balaban J connectivity index is 1.96. The van der Waals surface area contributed by atoms with Crippen LogP contribution in [0.25, 0.3) is 0 Å².